The Morgan fingerprint density at radius 1 is 1.22 bits per heavy atom. The Hall–Kier alpha value is -1.32. The average Bonchev–Trinajstić information content (AvgIpc) is 2.35. The van der Waals surface area contributed by atoms with Gasteiger partial charge in [-0.25, -0.2) is 4.98 Å². The Morgan fingerprint density at radius 2 is 2.00 bits per heavy atom. The van der Waals surface area contributed by atoms with Crippen molar-refractivity contribution >= 4 is 5.95 Å². The minimum atomic E-state index is 0.460. The molecule has 0 radical (unpaired) electrons. The number of hydrogen-bond acceptors (Lipinski definition) is 4. The van der Waals surface area contributed by atoms with Crippen LogP contribution in [0.25, 0.3) is 0 Å². The molecule has 18 heavy (non-hydrogen) atoms. The third kappa shape index (κ3) is 4.90. The number of anilines is 1. The van der Waals surface area contributed by atoms with Gasteiger partial charge in [0.05, 0.1) is 7.11 Å². The molecule has 0 aliphatic carbocycles. The van der Waals surface area contributed by atoms with Crippen molar-refractivity contribution in [3.8, 4) is 5.88 Å². The molecule has 1 aromatic rings. The number of unbranched alkanes of at least 4 members (excludes halogenated alkanes) is 1. The van der Waals surface area contributed by atoms with E-state index in [1.54, 1.807) is 7.11 Å². The normalized spacial score (nSPS) is 12.2. The summed E-state index contributed by atoms with van der Waals surface area (Å²) in [4.78, 5) is 8.75. The second-order valence-electron chi connectivity index (χ2n) is 4.65. The highest BCUT2D eigenvalue weighted by Gasteiger charge is 2.10. The van der Waals surface area contributed by atoms with Crippen LogP contribution in [0.2, 0.25) is 0 Å². The number of nitrogens with one attached hydrogen (secondary N) is 1. The Morgan fingerprint density at radius 3 is 2.61 bits per heavy atom. The zero-order chi connectivity index (χ0) is 13.4. The van der Waals surface area contributed by atoms with E-state index in [1.807, 2.05) is 13.0 Å². The van der Waals surface area contributed by atoms with E-state index in [0.717, 1.165) is 12.1 Å². The van der Waals surface area contributed by atoms with Crippen LogP contribution in [0.3, 0.4) is 0 Å². The van der Waals surface area contributed by atoms with Gasteiger partial charge in [0.15, 0.2) is 0 Å². The van der Waals surface area contributed by atoms with Crippen molar-refractivity contribution in [2.45, 2.75) is 58.9 Å². The minimum absolute atomic E-state index is 0.460. The Kier molecular flexibility index (Phi) is 6.47. The van der Waals surface area contributed by atoms with Gasteiger partial charge in [0, 0.05) is 17.8 Å². The van der Waals surface area contributed by atoms with Crippen LogP contribution in [-0.2, 0) is 0 Å². The van der Waals surface area contributed by atoms with Crippen molar-refractivity contribution < 1.29 is 4.74 Å². The second-order valence-corrected chi connectivity index (χ2v) is 4.65. The molecule has 1 rings (SSSR count). The summed E-state index contributed by atoms with van der Waals surface area (Å²) in [5.74, 6) is 1.30. The van der Waals surface area contributed by atoms with Gasteiger partial charge in [-0.15, -0.1) is 0 Å². The molecule has 4 nitrogen and oxygen atoms in total. The number of hydrogen-bond donors (Lipinski definition) is 1. The molecule has 1 unspecified atom stereocenters. The molecule has 1 N–H and O–H groups in total. The first-order valence-corrected chi connectivity index (χ1v) is 6.85. The zero-order valence-corrected chi connectivity index (χ0v) is 12.0. The predicted molar refractivity (Wildman–Crippen MR) is 75.2 cm³/mol. The molecule has 0 aliphatic heterocycles. The van der Waals surface area contributed by atoms with E-state index in [1.165, 1.54) is 25.7 Å². The Labute approximate surface area is 110 Å². The van der Waals surface area contributed by atoms with Crippen LogP contribution in [0.15, 0.2) is 6.07 Å². The van der Waals surface area contributed by atoms with E-state index in [0.29, 0.717) is 17.9 Å². The molecule has 0 fully saturated rings. The molecule has 4 heteroatoms. The van der Waals surface area contributed by atoms with Crippen LogP contribution in [0, 0.1) is 6.92 Å². The van der Waals surface area contributed by atoms with E-state index in [-0.39, 0.29) is 0 Å². The summed E-state index contributed by atoms with van der Waals surface area (Å²) in [5.41, 5.74) is 0.926. The Balaban J connectivity index is 2.69. The third-order valence-electron chi connectivity index (χ3n) is 2.92. The van der Waals surface area contributed by atoms with E-state index in [2.05, 4.69) is 29.1 Å². The first-order valence-electron chi connectivity index (χ1n) is 6.85. The Bertz CT molecular complexity index is 355. The van der Waals surface area contributed by atoms with Gasteiger partial charge in [-0.1, -0.05) is 33.1 Å². The van der Waals surface area contributed by atoms with Crippen molar-refractivity contribution in [3.63, 3.8) is 0 Å². The molecule has 0 bridgehead atoms. The quantitative estimate of drug-likeness (QED) is 0.767. The van der Waals surface area contributed by atoms with Crippen LogP contribution in [0.5, 0.6) is 5.88 Å². The number of aromatic nitrogens is 2. The average molecular weight is 251 g/mol. The summed E-state index contributed by atoms with van der Waals surface area (Å²) in [5, 5.41) is 3.43. The number of ether oxygens (including phenoxy) is 1. The van der Waals surface area contributed by atoms with Crippen LogP contribution < -0.4 is 10.1 Å². The maximum atomic E-state index is 5.17. The highest BCUT2D eigenvalue weighted by Crippen LogP contribution is 2.15. The summed E-state index contributed by atoms with van der Waals surface area (Å²) >= 11 is 0. The zero-order valence-electron chi connectivity index (χ0n) is 12.0. The van der Waals surface area contributed by atoms with E-state index < -0.39 is 0 Å². The fourth-order valence-electron chi connectivity index (χ4n) is 1.98. The standard InChI is InChI=1S/C14H25N3O/c1-5-7-9-12(8-6-2)16-14-15-11(3)10-13(17-14)18-4/h10,12H,5-9H2,1-4H3,(H,15,16,17). The molecule has 1 atom stereocenters. The highest BCUT2D eigenvalue weighted by atomic mass is 16.5. The van der Waals surface area contributed by atoms with Crippen molar-refractivity contribution in [2.24, 2.45) is 0 Å². The molecule has 0 spiro atoms. The van der Waals surface area contributed by atoms with Crippen LogP contribution in [0.1, 0.15) is 51.6 Å². The summed E-state index contributed by atoms with van der Waals surface area (Å²) < 4.78 is 5.17. The summed E-state index contributed by atoms with van der Waals surface area (Å²) in [6.07, 6.45) is 5.95. The van der Waals surface area contributed by atoms with E-state index in [4.69, 9.17) is 4.74 Å². The minimum Gasteiger partial charge on any atom is -0.481 e. The van der Waals surface area contributed by atoms with Crippen LogP contribution >= 0.6 is 0 Å². The largest absolute Gasteiger partial charge is 0.481 e. The van der Waals surface area contributed by atoms with Crippen molar-refractivity contribution in [2.75, 3.05) is 12.4 Å². The lowest BCUT2D eigenvalue weighted by atomic mass is 10.1. The number of rotatable bonds is 8. The fraction of sp³-hybridized carbons (Fsp3) is 0.714. The van der Waals surface area contributed by atoms with E-state index in [9.17, 15) is 0 Å². The van der Waals surface area contributed by atoms with Crippen LogP contribution in [-0.4, -0.2) is 23.1 Å². The molecule has 0 aromatic carbocycles. The molecular formula is C14H25N3O. The number of aryl methyl sites for hydroxylation is 1. The van der Waals surface area contributed by atoms with Gasteiger partial charge < -0.3 is 10.1 Å². The first kappa shape index (κ1) is 14.7. The van der Waals surface area contributed by atoms with Gasteiger partial charge in [0.25, 0.3) is 0 Å². The van der Waals surface area contributed by atoms with Gasteiger partial charge in [-0.05, 0) is 19.8 Å². The van der Waals surface area contributed by atoms with Gasteiger partial charge in [0.1, 0.15) is 0 Å². The predicted octanol–water partition coefficient (Wildman–Crippen LogP) is 3.56. The monoisotopic (exact) mass is 251 g/mol. The smallest absolute Gasteiger partial charge is 0.226 e. The SMILES string of the molecule is CCCCC(CCC)Nc1nc(C)cc(OC)n1. The van der Waals surface area contributed by atoms with Gasteiger partial charge in [-0.2, -0.15) is 4.98 Å². The van der Waals surface area contributed by atoms with Gasteiger partial charge >= 0.3 is 0 Å². The van der Waals surface area contributed by atoms with Gasteiger partial charge in [0.2, 0.25) is 11.8 Å². The molecule has 102 valence electrons. The van der Waals surface area contributed by atoms with Crippen molar-refractivity contribution in [1.82, 2.24) is 9.97 Å². The molecular weight excluding hydrogens is 226 g/mol. The van der Waals surface area contributed by atoms with Crippen molar-refractivity contribution in [1.29, 1.82) is 0 Å². The third-order valence-corrected chi connectivity index (χ3v) is 2.92. The van der Waals surface area contributed by atoms with E-state index >= 15 is 0 Å². The lowest BCUT2D eigenvalue weighted by Crippen LogP contribution is -2.21. The fourth-order valence-corrected chi connectivity index (χ4v) is 1.98. The summed E-state index contributed by atoms with van der Waals surface area (Å²) in [7, 11) is 1.63. The summed E-state index contributed by atoms with van der Waals surface area (Å²) in [6.45, 7) is 6.38. The van der Waals surface area contributed by atoms with Crippen LogP contribution in [0.4, 0.5) is 5.95 Å². The number of methoxy groups -OCH3 is 1. The molecule has 1 heterocycles. The van der Waals surface area contributed by atoms with Gasteiger partial charge in [-0.3, -0.25) is 0 Å². The summed E-state index contributed by atoms with van der Waals surface area (Å²) in [6, 6.07) is 2.30. The first-order chi connectivity index (χ1) is 8.69. The lowest BCUT2D eigenvalue weighted by molar-refractivity contribution is 0.396. The number of nitrogens with zero attached hydrogens (tertiary/aromatic N) is 2. The highest BCUT2D eigenvalue weighted by molar-refractivity contribution is 5.31. The maximum absolute atomic E-state index is 5.17. The topological polar surface area (TPSA) is 47.0 Å². The second kappa shape index (κ2) is 7.90. The van der Waals surface area contributed by atoms with Crippen molar-refractivity contribution in [3.05, 3.63) is 11.8 Å². The maximum Gasteiger partial charge on any atom is 0.226 e. The molecule has 0 amide bonds. The molecule has 0 saturated heterocycles. The molecule has 0 aliphatic rings. The molecule has 1 aromatic heterocycles. The lowest BCUT2D eigenvalue weighted by Gasteiger charge is -2.18. The molecule has 0 saturated carbocycles.